The predicted molar refractivity (Wildman–Crippen MR) is 89.6 cm³/mol. The Morgan fingerprint density at radius 2 is 1.72 bits per heavy atom. The summed E-state index contributed by atoms with van der Waals surface area (Å²) < 4.78 is 109. The van der Waals surface area contributed by atoms with E-state index >= 15 is 0 Å². The number of benzene rings is 1. The molecule has 0 bridgehead atoms. The van der Waals surface area contributed by atoms with Gasteiger partial charge in [-0.3, -0.25) is 4.98 Å². The molecule has 158 valence electrons. The van der Waals surface area contributed by atoms with Crippen molar-refractivity contribution < 1.29 is 39.5 Å². The molecular weight excluding hydrogens is 424 g/mol. The maximum atomic E-state index is 13.2. The van der Waals surface area contributed by atoms with Crippen LogP contribution in [0.25, 0.3) is 0 Å². The van der Waals surface area contributed by atoms with E-state index in [1.54, 1.807) is 0 Å². The fraction of sp³-hybridized carbons (Fsp3) is 0.389. The molecule has 1 aromatic carbocycles. The molecule has 0 radical (unpaired) electrons. The minimum Gasteiger partial charge on any atom is -0.372 e. The van der Waals surface area contributed by atoms with Crippen molar-refractivity contribution in [2.75, 3.05) is 6.61 Å². The van der Waals surface area contributed by atoms with Crippen molar-refractivity contribution in [3.05, 3.63) is 59.4 Å². The first-order valence-corrected chi connectivity index (χ1v) is 10.00. The fourth-order valence-corrected chi connectivity index (χ4v) is 4.97. The second kappa shape index (κ2) is 7.60. The fourth-order valence-electron chi connectivity index (χ4n) is 3.19. The average Bonchev–Trinajstić information content (AvgIpc) is 2.67. The number of aromatic nitrogens is 1. The summed E-state index contributed by atoms with van der Waals surface area (Å²) in [6, 6.07) is 5.21. The van der Waals surface area contributed by atoms with Gasteiger partial charge in [-0.1, -0.05) is 6.07 Å². The van der Waals surface area contributed by atoms with Crippen LogP contribution in [0.3, 0.4) is 0 Å². The molecule has 2 atom stereocenters. The van der Waals surface area contributed by atoms with Gasteiger partial charge < -0.3 is 4.74 Å². The largest absolute Gasteiger partial charge is 0.418 e. The van der Waals surface area contributed by atoms with Crippen LogP contribution in [-0.4, -0.2) is 25.3 Å². The zero-order chi connectivity index (χ0) is 21.4. The Kier molecular flexibility index (Phi) is 5.65. The lowest BCUT2D eigenvalue weighted by atomic mass is 10.0. The lowest BCUT2D eigenvalue weighted by Crippen LogP contribution is -2.32. The van der Waals surface area contributed by atoms with E-state index in [0.29, 0.717) is 6.07 Å². The third kappa shape index (κ3) is 4.55. The highest BCUT2D eigenvalue weighted by molar-refractivity contribution is 7.92. The summed E-state index contributed by atoms with van der Waals surface area (Å²) in [6.07, 6.45) is -9.94. The van der Waals surface area contributed by atoms with E-state index in [9.17, 15) is 34.8 Å². The lowest BCUT2D eigenvalue weighted by molar-refractivity contribution is -0.140. The van der Waals surface area contributed by atoms with Crippen LogP contribution in [0.15, 0.2) is 47.5 Å². The molecule has 1 aromatic heterocycles. The average molecular weight is 439 g/mol. The summed E-state index contributed by atoms with van der Waals surface area (Å²) in [6.45, 7) is -0.165. The molecule has 0 amide bonds. The number of nitrogens with zero attached hydrogens (tertiary/aromatic N) is 1. The zero-order valence-corrected chi connectivity index (χ0v) is 15.5. The molecule has 4 nitrogen and oxygen atoms in total. The van der Waals surface area contributed by atoms with Gasteiger partial charge >= 0.3 is 12.4 Å². The number of ether oxygens (including phenoxy) is 1. The van der Waals surface area contributed by atoms with E-state index in [-0.39, 0.29) is 19.4 Å². The highest BCUT2D eigenvalue weighted by Gasteiger charge is 2.41. The second-order valence-electron chi connectivity index (χ2n) is 6.51. The van der Waals surface area contributed by atoms with Gasteiger partial charge in [-0.15, -0.1) is 0 Å². The Hall–Kier alpha value is -2.14. The molecule has 29 heavy (non-hydrogen) atoms. The summed E-state index contributed by atoms with van der Waals surface area (Å²) in [5.74, 6) is 0. The quantitative estimate of drug-likeness (QED) is 0.644. The molecule has 0 spiro atoms. The van der Waals surface area contributed by atoms with Crippen molar-refractivity contribution in [3.8, 4) is 0 Å². The highest BCUT2D eigenvalue weighted by atomic mass is 32.2. The first-order chi connectivity index (χ1) is 13.4. The second-order valence-corrected chi connectivity index (χ2v) is 8.74. The van der Waals surface area contributed by atoms with E-state index in [4.69, 9.17) is 4.74 Å². The summed E-state index contributed by atoms with van der Waals surface area (Å²) in [7, 11) is -4.22. The smallest absolute Gasteiger partial charge is 0.372 e. The van der Waals surface area contributed by atoms with Crippen molar-refractivity contribution in [2.45, 2.75) is 41.4 Å². The standard InChI is InChI=1S/C18H15F6NO3S/c19-17(20,21)11-3-1-4-12(9-11)29(26,27)13-6-8-28-15(10-13)16-14(18(22,23)24)5-2-7-25-16/h1-5,7,9,13,15H,6,8,10H2. The zero-order valence-electron chi connectivity index (χ0n) is 14.7. The first kappa shape index (κ1) is 21.6. The SMILES string of the molecule is O=S(=O)(c1cccc(C(F)(F)F)c1)C1CCOC(c2ncccc2C(F)(F)F)C1. The number of hydrogen-bond donors (Lipinski definition) is 0. The Labute approximate surface area is 162 Å². The molecule has 3 rings (SSSR count). The van der Waals surface area contributed by atoms with Gasteiger partial charge in [0.05, 0.1) is 27.0 Å². The minimum absolute atomic E-state index is 0.0523. The summed E-state index contributed by atoms with van der Waals surface area (Å²) in [5, 5.41) is -1.20. The molecule has 1 aliphatic rings. The molecule has 0 saturated carbocycles. The van der Waals surface area contributed by atoms with Crippen LogP contribution < -0.4 is 0 Å². The lowest BCUT2D eigenvalue weighted by Gasteiger charge is -2.30. The molecule has 2 aromatic rings. The number of pyridine rings is 1. The van der Waals surface area contributed by atoms with Gasteiger partial charge in [-0.25, -0.2) is 8.42 Å². The van der Waals surface area contributed by atoms with Crippen molar-refractivity contribution in [1.29, 1.82) is 0 Å². The monoisotopic (exact) mass is 439 g/mol. The predicted octanol–water partition coefficient (Wildman–Crippen LogP) is 4.81. The summed E-state index contributed by atoms with van der Waals surface area (Å²) in [4.78, 5) is 3.18. The van der Waals surface area contributed by atoms with E-state index in [2.05, 4.69) is 4.98 Å². The van der Waals surface area contributed by atoms with Crippen molar-refractivity contribution in [3.63, 3.8) is 0 Å². The van der Waals surface area contributed by atoms with E-state index in [1.807, 2.05) is 0 Å². The Balaban J connectivity index is 1.92. The van der Waals surface area contributed by atoms with E-state index < -0.39 is 55.3 Å². The van der Waals surface area contributed by atoms with Crippen LogP contribution in [0, 0.1) is 0 Å². The topological polar surface area (TPSA) is 56.3 Å². The third-order valence-electron chi connectivity index (χ3n) is 4.61. The maximum Gasteiger partial charge on any atom is 0.418 e. The van der Waals surface area contributed by atoms with E-state index in [0.717, 1.165) is 36.5 Å². The summed E-state index contributed by atoms with van der Waals surface area (Å²) >= 11 is 0. The van der Waals surface area contributed by atoms with Crippen LogP contribution in [0.5, 0.6) is 0 Å². The van der Waals surface area contributed by atoms with Crippen molar-refractivity contribution >= 4 is 9.84 Å². The Morgan fingerprint density at radius 3 is 2.38 bits per heavy atom. The van der Waals surface area contributed by atoms with Gasteiger partial charge in [0.1, 0.15) is 6.10 Å². The first-order valence-electron chi connectivity index (χ1n) is 8.45. The van der Waals surface area contributed by atoms with Crippen molar-refractivity contribution in [2.24, 2.45) is 0 Å². The Morgan fingerprint density at radius 1 is 1.00 bits per heavy atom. The van der Waals surface area contributed by atoms with Crippen LogP contribution in [0.2, 0.25) is 0 Å². The molecule has 11 heteroatoms. The molecule has 1 saturated heterocycles. The van der Waals surface area contributed by atoms with Crippen LogP contribution >= 0.6 is 0 Å². The molecule has 0 N–H and O–H groups in total. The summed E-state index contributed by atoms with van der Waals surface area (Å²) in [5.41, 5.74) is -2.60. The number of alkyl halides is 6. The number of hydrogen-bond acceptors (Lipinski definition) is 4. The number of sulfone groups is 1. The molecule has 2 heterocycles. The maximum absolute atomic E-state index is 13.2. The van der Waals surface area contributed by atoms with Gasteiger partial charge in [0, 0.05) is 12.8 Å². The van der Waals surface area contributed by atoms with E-state index in [1.165, 1.54) is 0 Å². The molecule has 2 unspecified atom stereocenters. The molecular formula is C18H15F6NO3S. The van der Waals surface area contributed by atoms with Crippen LogP contribution in [0.1, 0.15) is 35.8 Å². The Bertz CT molecular complexity index is 988. The normalized spacial score (nSPS) is 21.2. The van der Waals surface area contributed by atoms with Gasteiger partial charge in [-0.05, 0) is 43.2 Å². The highest BCUT2D eigenvalue weighted by Crippen LogP contribution is 2.40. The molecule has 1 aliphatic heterocycles. The van der Waals surface area contributed by atoms with Crippen LogP contribution in [-0.2, 0) is 26.9 Å². The number of halogens is 6. The number of rotatable bonds is 3. The van der Waals surface area contributed by atoms with Crippen molar-refractivity contribution in [1.82, 2.24) is 4.98 Å². The minimum atomic E-state index is -4.72. The van der Waals surface area contributed by atoms with Gasteiger partial charge in [0.25, 0.3) is 0 Å². The third-order valence-corrected chi connectivity index (χ3v) is 6.83. The van der Waals surface area contributed by atoms with Gasteiger partial charge in [-0.2, -0.15) is 26.3 Å². The molecule has 1 fully saturated rings. The van der Waals surface area contributed by atoms with Gasteiger partial charge in [0.2, 0.25) is 0 Å². The molecule has 0 aliphatic carbocycles. The van der Waals surface area contributed by atoms with Crippen LogP contribution in [0.4, 0.5) is 26.3 Å². The van der Waals surface area contributed by atoms with Gasteiger partial charge in [0.15, 0.2) is 9.84 Å².